The molecule has 0 unspecified atom stereocenters. The zero-order valence-electron chi connectivity index (χ0n) is 11.3. The Bertz CT molecular complexity index is 598. The second-order valence-corrected chi connectivity index (χ2v) is 5.72. The molecule has 0 aromatic carbocycles. The number of amides is 1. The average Bonchev–Trinajstić information content (AvgIpc) is 2.88. The Labute approximate surface area is 126 Å². The van der Waals surface area contributed by atoms with Gasteiger partial charge >= 0.3 is 0 Å². The highest BCUT2D eigenvalue weighted by Crippen LogP contribution is 2.28. The molecule has 2 rings (SSSR count). The average molecular weight is 311 g/mol. The van der Waals surface area contributed by atoms with Gasteiger partial charge < -0.3 is 0 Å². The molecule has 0 atom stereocenters. The molecular weight excluding hydrogens is 296 g/mol. The summed E-state index contributed by atoms with van der Waals surface area (Å²) in [7, 11) is 0. The molecule has 2 heterocycles. The van der Waals surface area contributed by atoms with E-state index in [-0.39, 0.29) is 11.6 Å². The summed E-state index contributed by atoms with van der Waals surface area (Å²) >= 11 is 7.23. The molecule has 2 aromatic rings. The molecule has 106 valence electrons. The molecule has 5 nitrogen and oxygen atoms in total. The highest BCUT2D eigenvalue weighted by Gasteiger charge is 2.15. The molecule has 0 aliphatic heterocycles. The van der Waals surface area contributed by atoms with Gasteiger partial charge in [0, 0.05) is 17.1 Å². The zero-order valence-corrected chi connectivity index (χ0v) is 12.8. The minimum absolute atomic E-state index is 0.261. The summed E-state index contributed by atoms with van der Waals surface area (Å²) in [4.78, 5) is 16.0. The fourth-order valence-corrected chi connectivity index (χ4v) is 2.94. The molecule has 7 heteroatoms. The van der Waals surface area contributed by atoms with Crippen LogP contribution in [0.2, 0.25) is 5.02 Å². The molecule has 0 saturated heterocycles. The third-order valence-electron chi connectivity index (χ3n) is 2.95. The van der Waals surface area contributed by atoms with Crippen LogP contribution in [0.15, 0.2) is 18.3 Å². The van der Waals surface area contributed by atoms with Gasteiger partial charge in [0.1, 0.15) is 10.7 Å². The number of hydrogen-bond donors (Lipinski definition) is 1. The van der Waals surface area contributed by atoms with Crippen molar-refractivity contribution in [2.24, 2.45) is 0 Å². The Morgan fingerprint density at radius 2 is 2.15 bits per heavy atom. The van der Waals surface area contributed by atoms with Crippen LogP contribution in [0, 0.1) is 0 Å². The molecule has 0 spiro atoms. The van der Waals surface area contributed by atoms with E-state index >= 15 is 0 Å². The summed E-state index contributed by atoms with van der Waals surface area (Å²) in [6, 6.07) is 3.13. The van der Waals surface area contributed by atoms with Crippen LogP contribution in [0.5, 0.6) is 0 Å². The molecule has 1 N–H and O–H groups in total. The van der Waals surface area contributed by atoms with E-state index in [0.717, 1.165) is 17.8 Å². The maximum atomic E-state index is 12.0. The summed E-state index contributed by atoms with van der Waals surface area (Å²) in [5.74, 6) is 0.0576. The number of pyridine rings is 1. The largest absolute Gasteiger partial charge is 0.295 e. The Hall–Kier alpha value is -1.53. The van der Waals surface area contributed by atoms with E-state index in [1.54, 1.807) is 6.07 Å². The standard InChI is InChI=1S/C13H15ClN4OS/c1-3-8(4-2)12-17-18-13(20-12)16-11(19)10-7-9(14)5-6-15-10/h5-8H,3-4H2,1-2H3,(H,16,18,19). The van der Waals surface area contributed by atoms with E-state index < -0.39 is 0 Å². The summed E-state index contributed by atoms with van der Waals surface area (Å²) in [5.41, 5.74) is 0.261. The van der Waals surface area contributed by atoms with Gasteiger partial charge in [-0.25, -0.2) is 0 Å². The summed E-state index contributed by atoms with van der Waals surface area (Å²) in [5, 5.41) is 12.7. The van der Waals surface area contributed by atoms with Gasteiger partial charge in [0.05, 0.1) is 0 Å². The van der Waals surface area contributed by atoms with Gasteiger partial charge in [0.25, 0.3) is 5.91 Å². The van der Waals surface area contributed by atoms with Crippen LogP contribution in [-0.4, -0.2) is 21.1 Å². The SMILES string of the molecule is CCC(CC)c1nnc(NC(=O)c2cc(Cl)ccn2)s1. The first-order chi connectivity index (χ1) is 9.63. The normalized spacial score (nSPS) is 10.8. The fourth-order valence-electron chi connectivity index (χ4n) is 1.78. The van der Waals surface area contributed by atoms with Gasteiger partial charge in [-0.05, 0) is 25.0 Å². The van der Waals surface area contributed by atoms with E-state index in [1.807, 2.05) is 0 Å². The van der Waals surface area contributed by atoms with Gasteiger partial charge in [-0.3, -0.25) is 15.1 Å². The first-order valence-corrected chi connectivity index (χ1v) is 7.59. The second-order valence-electron chi connectivity index (χ2n) is 4.27. The lowest BCUT2D eigenvalue weighted by molar-refractivity contribution is 0.102. The number of hydrogen-bond acceptors (Lipinski definition) is 5. The third kappa shape index (κ3) is 3.52. The molecule has 0 bridgehead atoms. The van der Waals surface area contributed by atoms with E-state index in [2.05, 4.69) is 34.3 Å². The van der Waals surface area contributed by atoms with Crippen molar-refractivity contribution in [1.29, 1.82) is 0 Å². The molecule has 0 fully saturated rings. The maximum Gasteiger partial charge on any atom is 0.276 e. The van der Waals surface area contributed by atoms with Crippen LogP contribution in [0.1, 0.15) is 48.1 Å². The van der Waals surface area contributed by atoms with E-state index in [9.17, 15) is 4.79 Å². The Balaban J connectivity index is 2.09. The van der Waals surface area contributed by atoms with Gasteiger partial charge in [0.15, 0.2) is 0 Å². The van der Waals surface area contributed by atoms with E-state index in [1.165, 1.54) is 23.6 Å². The van der Waals surface area contributed by atoms with Crippen molar-refractivity contribution in [2.75, 3.05) is 5.32 Å². The van der Waals surface area contributed by atoms with Crippen LogP contribution < -0.4 is 5.32 Å². The van der Waals surface area contributed by atoms with Crippen LogP contribution >= 0.6 is 22.9 Å². The first-order valence-electron chi connectivity index (χ1n) is 6.40. The first kappa shape index (κ1) is 14.9. The molecule has 0 saturated carbocycles. The minimum Gasteiger partial charge on any atom is -0.295 e. The van der Waals surface area contributed by atoms with E-state index in [0.29, 0.717) is 16.1 Å². The third-order valence-corrected chi connectivity index (χ3v) is 4.19. The molecule has 0 radical (unpaired) electrons. The Kier molecular flexibility index (Phi) is 5.03. The summed E-state index contributed by atoms with van der Waals surface area (Å²) < 4.78 is 0. The minimum atomic E-state index is -0.334. The topological polar surface area (TPSA) is 67.8 Å². The number of carbonyl (C=O) groups excluding carboxylic acids is 1. The highest BCUT2D eigenvalue weighted by atomic mass is 35.5. The number of anilines is 1. The van der Waals surface area contributed by atoms with Crippen molar-refractivity contribution in [2.45, 2.75) is 32.6 Å². The van der Waals surface area contributed by atoms with Crippen molar-refractivity contribution in [3.05, 3.63) is 34.1 Å². The van der Waals surface area contributed by atoms with Crippen LogP contribution in [-0.2, 0) is 0 Å². The van der Waals surface area contributed by atoms with E-state index in [4.69, 9.17) is 11.6 Å². The van der Waals surface area contributed by atoms with Gasteiger partial charge in [0.2, 0.25) is 5.13 Å². The van der Waals surface area contributed by atoms with Crippen molar-refractivity contribution in [3.63, 3.8) is 0 Å². The zero-order chi connectivity index (χ0) is 14.5. The molecule has 1 amide bonds. The molecular formula is C13H15ClN4OS. The Morgan fingerprint density at radius 3 is 2.80 bits per heavy atom. The van der Waals surface area contributed by atoms with Crippen LogP contribution in [0.4, 0.5) is 5.13 Å². The smallest absolute Gasteiger partial charge is 0.276 e. The predicted molar refractivity (Wildman–Crippen MR) is 80.4 cm³/mol. The Morgan fingerprint density at radius 1 is 1.40 bits per heavy atom. The lowest BCUT2D eigenvalue weighted by Crippen LogP contribution is -2.13. The van der Waals surface area contributed by atoms with Crippen molar-refractivity contribution in [1.82, 2.24) is 15.2 Å². The van der Waals surface area contributed by atoms with Crippen molar-refractivity contribution < 1.29 is 4.79 Å². The molecule has 0 aliphatic rings. The van der Waals surface area contributed by atoms with Gasteiger partial charge in [-0.15, -0.1) is 10.2 Å². The quantitative estimate of drug-likeness (QED) is 0.913. The number of nitrogens with zero attached hydrogens (tertiary/aromatic N) is 3. The maximum absolute atomic E-state index is 12.0. The molecule has 2 aromatic heterocycles. The van der Waals surface area contributed by atoms with Crippen molar-refractivity contribution in [3.8, 4) is 0 Å². The number of halogens is 1. The van der Waals surface area contributed by atoms with Crippen LogP contribution in [0.25, 0.3) is 0 Å². The number of carbonyl (C=O) groups is 1. The molecule has 0 aliphatic carbocycles. The predicted octanol–water partition coefficient (Wildman–Crippen LogP) is 3.74. The fraction of sp³-hybridized carbons (Fsp3) is 0.385. The highest BCUT2D eigenvalue weighted by molar-refractivity contribution is 7.15. The van der Waals surface area contributed by atoms with Gasteiger partial charge in [-0.1, -0.05) is 36.8 Å². The van der Waals surface area contributed by atoms with Crippen LogP contribution in [0.3, 0.4) is 0 Å². The summed E-state index contributed by atoms with van der Waals surface area (Å²) in [6.07, 6.45) is 3.51. The number of aromatic nitrogens is 3. The number of rotatable bonds is 5. The van der Waals surface area contributed by atoms with Gasteiger partial charge in [-0.2, -0.15) is 0 Å². The lowest BCUT2D eigenvalue weighted by atomic mass is 10.1. The number of nitrogens with one attached hydrogen (secondary N) is 1. The molecule has 20 heavy (non-hydrogen) atoms. The monoisotopic (exact) mass is 310 g/mol. The summed E-state index contributed by atoms with van der Waals surface area (Å²) in [6.45, 7) is 4.23. The second kappa shape index (κ2) is 6.76. The van der Waals surface area contributed by atoms with Crippen molar-refractivity contribution >= 4 is 34.0 Å². The lowest BCUT2D eigenvalue weighted by Gasteiger charge is -2.05.